The van der Waals surface area contributed by atoms with Crippen LogP contribution in [0.5, 0.6) is 0 Å². The summed E-state index contributed by atoms with van der Waals surface area (Å²) < 4.78 is 5.76. The van der Waals surface area contributed by atoms with Crippen LogP contribution in [0.2, 0.25) is 0 Å². The van der Waals surface area contributed by atoms with Crippen molar-refractivity contribution < 1.29 is 9.53 Å². The molecule has 0 fully saturated rings. The summed E-state index contributed by atoms with van der Waals surface area (Å²) in [4.78, 5) is 15.5. The van der Waals surface area contributed by atoms with Gasteiger partial charge in [-0.05, 0) is 60.2 Å². The van der Waals surface area contributed by atoms with E-state index in [4.69, 9.17) is 4.74 Å². The van der Waals surface area contributed by atoms with Gasteiger partial charge in [0.25, 0.3) is 0 Å². The van der Waals surface area contributed by atoms with E-state index in [9.17, 15) is 4.79 Å². The maximum Gasteiger partial charge on any atom is 0.339 e. The van der Waals surface area contributed by atoms with Gasteiger partial charge in [-0.1, -0.05) is 0 Å². The van der Waals surface area contributed by atoms with Gasteiger partial charge in [-0.25, -0.2) is 4.79 Å². The van der Waals surface area contributed by atoms with Crippen molar-refractivity contribution in [3.63, 3.8) is 0 Å². The van der Waals surface area contributed by atoms with E-state index in [1.807, 2.05) is 0 Å². The van der Waals surface area contributed by atoms with Gasteiger partial charge in [0.2, 0.25) is 0 Å². The summed E-state index contributed by atoms with van der Waals surface area (Å²) in [7, 11) is 0. The standard InChI is InChI=1S/C11H10BrNO2S/c1-7(2)15-11(14)9-5-8(13-6-16)3-4-10(9)12/h3-5,7H,1-2H3. The minimum Gasteiger partial charge on any atom is -0.459 e. The summed E-state index contributed by atoms with van der Waals surface area (Å²) in [6, 6.07) is 5.06. The highest BCUT2D eigenvalue weighted by Gasteiger charge is 2.13. The molecule has 0 unspecified atom stereocenters. The highest BCUT2D eigenvalue weighted by atomic mass is 79.9. The number of hydrogen-bond donors (Lipinski definition) is 0. The lowest BCUT2D eigenvalue weighted by Gasteiger charge is -2.09. The molecule has 0 radical (unpaired) electrons. The van der Waals surface area contributed by atoms with Crippen LogP contribution < -0.4 is 0 Å². The van der Waals surface area contributed by atoms with Crippen molar-refractivity contribution in [3.05, 3.63) is 28.2 Å². The van der Waals surface area contributed by atoms with E-state index >= 15 is 0 Å². The van der Waals surface area contributed by atoms with Crippen LogP contribution in [0.15, 0.2) is 27.7 Å². The van der Waals surface area contributed by atoms with Crippen molar-refractivity contribution in [1.29, 1.82) is 0 Å². The Labute approximate surface area is 108 Å². The molecule has 0 atom stereocenters. The molecule has 0 aromatic heterocycles. The van der Waals surface area contributed by atoms with E-state index in [1.165, 1.54) is 0 Å². The number of thiocarbonyl (C=S) groups is 1. The first-order valence-electron chi connectivity index (χ1n) is 4.63. The predicted molar refractivity (Wildman–Crippen MR) is 69.4 cm³/mol. The normalized spacial score (nSPS) is 9.75. The van der Waals surface area contributed by atoms with Gasteiger partial charge in [0, 0.05) is 4.47 Å². The average molecular weight is 300 g/mol. The summed E-state index contributed by atoms with van der Waals surface area (Å²) >= 11 is 7.78. The Morgan fingerprint density at radius 1 is 1.56 bits per heavy atom. The molecular formula is C11H10BrNO2S. The topological polar surface area (TPSA) is 38.7 Å². The number of carbonyl (C=O) groups is 1. The lowest BCUT2D eigenvalue weighted by atomic mass is 10.2. The number of carbonyl (C=O) groups excluding carboxylic acids is 1. The molecule has 0 heterocycles. The third-order valence-electron chi connectivity index (χ3n) is 1.69. The lowest BCUT2D eigenvalue weighted by Crippen LogP contribution is -2.12. The minimum absolute atomic E-state index is 0.155. The Balaban J connectivity index is 3.06. The fourth-order valence-corrected chi connectivity index (χ4v) is 1.58. The number of ether oxygens (including phenoxy) is 1. The molecule has 0 amide bonds. The molecule has 1 rings (SSSR count). The van der Waals surface area contributed by atoms with E-state index in [-0.39, 0.29) is 12.1 Å². The first-order chi connectivity index (χ1) is 7.54. The van der Waals surface area contributed by atoms with E-state index < -0.39 is 0 Å². The molecule has 84 valence electrons. The van der Waals surface area contributed by atoms with Crippen LogP contribution in [0, 0.1) is 0 Å². The van der Waals surface area contributed by atoms with E-state index in [2.05, 4.69) is 38.3 Å². The first-order valence-corrected chi connectivity index (χ1v) is 5.83. The Kier molecular flexibility index (Phi) is 4.80. The van der Waals surface area contributed by atoms with Crippen molar-refractivity contribution >= 4 is 45.0 Å². The van der Waals surface area contributed by atoms with E-state index in [1.54, 1.807) is 32.0 Å². The zero-order valence-electron chi connectivity index (χ0n) is 8.86. The molecule has 1 aromatic rings. The summed E-state index contributed by atoms with van der Waals surface area (Å²) in [5, 5.41) is 2.25. The summed E-state index contributed by atoms with van der Waals surface area (Å²) in [6.07, 6.45) is -0.155. The van der Waals surface area contributed by atoms with Gasteiger partial charge in [0.1, 0.15) is 0 Å². The molecule has 0 N–H and O–H groups in total. The Bertz CT molecular complexity index is 453. The Morgan fingerprint density at radius 2 is 2.25 bits per heavy atom. The van der Waals surface area contributed by atoms with Crippen molar-refractivity contribution in [2.45, 2.75) is 20.0 Å². The van der Waals surface area contributed by atoms with Crippen molar-refractivity contribution in [3.8, 4) is 0 Å². The zero-order valence-corrected chi connectivity index (χ0v) is 11.3. The van der Waals surface area contributed by atoms with Crippen molar-refractivity contribution in [1.82, 2.24) is 0 Å². The third kappa shape index (κ3) is 3.52. The summed E-state index contributed by atoms with van der Waals surface area (Å²) in [5.74, 6) is -0.386. The third-order valence-corrected chi connectivity index (χ3v) is 2.47. The molecule has 0 aliphatic heterocycles. The molecule has 16 heavy (non-hydrogen) atoms. The predicted octanol–water partition coefficient (Wildman–Crippen LogP) is 3.75. The minimum atomic E-state index is -0.386. The van der Waals surface area contributed by atoms with Crippen LogP contribution in [0.1, 0.15) is 24.2 Å². The van der Waals surface area contributed by atoms with E-state index in [0.717, 1.165) is 0 Å². The van der Waals surface area contributed by atoms with Crippen molar-refractivity contribution in [2.75, 3.05) is 0 Å². The molecule has 0 saturated heterocycles. The molecule has 0 saturated carbocycles. The zero-order chi connectivity index (χ0) is 12.1. The number of esters is 1. The van der Waals surface area contributed by atoms with Crippen LogP contribution in [-0.2, 0) is 4.74 Å². The van der Waals surface area contributed by atoms with Gasteiger partial charge in [-0.2, -0.15) is 4.99 Å². The van der Waals surface area contributed by atoms with Crippen molar-refractivity contribution in [2.24, 2.45) is 4.99 Å². The Morgan fingerprint density at radius 3 is 2.81 bits per heavy atom. The van der Waals surface area contributed by atoms with Gasteiger partial charge < -0.3 is 4.74 Å². The molecule has 0 aliphatic carbocycles. The number of halogens is 1. The number of hydrogen-bond acceptors (Lipinski definition) is 4. The molecule has 5 heteroatoms. The van der Waals surface area contributed by atoms with Crippen LogP contribution in [0.25, 0.3) is 0 Å². The lowest BCUT2D eigenvalue weighted by molar-refractivity contribution is 0.0377. The largest absolute Gasteiger partial charge is 0.459 e. The van der Waals surface area contributed by atoms with E-state index in [0.29, 0.717) is 15.7 Å². The molecule has 0 aliphatic rings. The highest BCUT2D eigenvalue weighted by molar-refractivity contribution is 9.10. The van der Waals surface area contributed by atoms with Crippen LogP contribution >= 0.6 is 28.1 Å². The number of aliphatic imine (C=N–C) groups is 1. The first kappa shape index (κ1) is 13.0. The van der Waals surface area contributed by atoms with Gasteiger partial charge in [0.15, 0.2) is 0 Å². The number of benzene rings is 1. The fraction of sp³-hybridized carbons (Fsp3) is 0.273. The molecule has 3 nitrogen and oxygen atoms in total. The SMILES string of the molecule is CC(C)OC(=O)c1cc(N=C=S)ccc1Br. The average Bonchev–Trinajstić information content (AvgIpc) is 2.20. The quantitative estimate of drug-likeness (QED) is 0.485. The highest BCUT2D eigenvalue weighted by Crippen LogP contribution is 2.23. The summed E-state index contributed by atoms with van der Waals surface area (Å²) in [6.45, 7) is 3.59. The van der Waals surface area contributed by atoms with Crippen LogP contribution in [0.3, 0.4) is 0 Å². The van der Waals surface area contributed by atoms with Gasteiger partial charge in [-0.3, -0.25) is 0 Å². The molecular weight excluding hydrogens is 290 g/mol. The van der Waals surface area contributed by atoms with Gasteiger partial charge in [-0.15, -0.1) is 0 Å². The second kappa shape index (κ2) is 5.89. The summed E-state index contributed by atoms with van der Waals surface area (Å²) in [5.41, 5.74) is 1.01. The van der Waals surface area contributed by atoms with Crippen LogP contribution in [0.4, 0.5) is 5.69 Å². The smallest absolute Gasteiger partial charge is 0.339 e. The number of nitrogens with zero attached hydrogens (tertiary/aromatic N) is 1. The van der Waals surface area contributed by atoms with Gasteiger partial charge >= 0.3 is 5.97 Å². The maximum atomic E-state index is 11.7. The second-order valence-corrected chi connectivity index (χ2v) is 4.36. The fourth-order valence-electron chi connectivity index (χ4n) is 1.07. The molecule has 0 bridgehead atoms. The number of isothiocyanates is 1. The Hall–Kier alpha value is -1.03. The van der Waals surface area contributed by atoms with Crippen LogP contribution in [-0.4, -0.2) is 17.2 Å². The van der Waals surface area contributed by atoms with Gasteiger partial charge in [0.05, 0.1) is 22.5 Å². The monoisotopic (exact) mass is 299 g/mol. The number of rotatable bonds is 3. The second-order valence-electron chi connectivity index (χ2n) is 3.32. The maximum absolute atomic E-state index is 11.7. The molecule has 0 spiro atoms. The molecule has 1 aromatic carbocycles.